The molecule has 5 aromatic carbocycles. The SMILES string of the molecule is CC1(C)O[C@H](c2cc(OCc3ccccc3)cc(OCc3ccccc3)c2)[C@H](c2ccc(COC(=O)c3ccccc3)cc2)O1. The van der Waals surface area contributed by atoms with Gasteiger partial charge in [-0.3, -0.25) is 0 Å². The monoisotopic (exact) mass is 600 g/mol. The molecule has 228 valence electrons. The standard InChI is InChI=1S/C39H36O6/c1-39(2)44-36(31-20-18-30(19-21-31)27-43-38(40)32-16-10-5-11-17-32)37(45-39)33-22-34(41-25-28-12-6-3-7-13-28)24-35(23-33)42-26-29-14-8-4-9-15-29/h3-24,36-37H,25-27H2,1-2H3/t36-,37+/m0/s1. The van der Waals surface area contributed by atoms with Gasteiger partial charge in [-0.25, -0.2) is 4.79 Å². The summed E-state index contributed by atoms with van der Waals surface area (Å²) in [5, 5.41) is 0. The summed E-state index contributed by atoms with van der Waals surface area (Å²) in [7, 11) is 0. The van der Waals surface area contributed by atoms with E-state index in [9.17, 15) is 4.79 Å². The first kappa shape index (κ1) is 30.1. The van der Waals surface area contributed by atoms with Crippen LogP contribution in [0, 0.1) is 0 Å². The normalized spacial score (nSPS) is 17.0. The Balaban J connectivity index is 1.22. The topological polar surface area (TPSA) is 63.2 Å². The molecule has 6 heteroatoms. The molecule has 0 aliphatic carbocycles. The van der Waals surface area contributed by atoms with E-state index in [-0.39, 0.29) is 18.7 Å². The molecule has 0 amide bonds. The number of benzene rings is 5. The van der Waals surface area contributed by atoms with Gasteiger partial charge in [-0.2, -0.15) is 0 Å². The minimum atomic E-state index is -0.814. The van der Waals surface area contributed by atoms with Crippen LogP contribution in [0.3, 0.4) is 0 Å². The maximum Gasteiger partial charge on any atom is 0.338 e. The predicted octanol–water partition coefficient (Wildman–Crippen LogP) is 8.77. The molecule has 0 unspecified atom stereocenters. The summed E-state index contributed by atoms with van der Waals surface area (Å²) < 4.78 is 31.0. The fourth-order valence-electron chi connectivity index (χ4n) is 5.27. The van der Waals surface area contributed by atoms with Crippen LogP contribution in [0.15, 0.2) is 133 Å². The molecule has 0 bridgehead atoms. The number of hydrogen-bond acceptors (Lipinski definition) is 6. The summed E-state index contributed by atoms with van der Waals surface area (Å²) in [4.78, 5) is 12.4. The number of rotatable bonds is 11. The zero-order chi connectivity index (χ0) is 31.1. The maximum absolute atomic E-state index is 12.4. The van der Waals surface area contributed by atoms with Gasteiger partial charge >= 0.3 is 5.97 Å². The Morgan fingerprint density at radius 3 is 1.58 bits per heavy atom. The Kier molecular flexibility index (Phi) is 9.24. The number of carbonyl (C=O) groups is 1. The third-order valence-corrected chi connectivity index (χ3v) is 7.51. The lowest BCUT2D eigenvalue weighted by Gasteiger charge is -2.20. The van der Waals surface area contributed by atoms with Gasteiger partial charge in [0.25, 0.3) is 0 Å². The lowest BCUT2D eigenvalue weighted by Crippen LogP contribution is -2.20. The van der Waals surface area contributed by atoms with Crippen molar-refractivity contribution in [3.8, 4) is 11.5 Å². The Morgan fingerprint density at radius 2 is 1.04 bits per heavy atom. The Morgan fingerprint density at radius 1 is 0.578 bits per heavy atom. The molecule has 0 N–H and O–H groups in total. The van der Waals surface area contributed by atoms with Crippen molar-refractivity contribution in [3.05, 3.63) is 167 Å². The van der Waals surface area contributed by atoms with Crippen molar-refractivity contribution in [3.63, 3.8) is 0 Å². The molecule has 1 aliphatic heterocycles. The molecule has 5 aromatic rings. The second-order valence-electron chi connectivity index (χ2n) is 11.4. The van der Waals surface area contributed by atoms with Crippen LogP contribution in [-0.4, -0.2) is 11.8 Å². The third-order valence-electron chi connectivity index (χ3n) is 7.51. The summed E-state index contributed by atoms with van der Waals surface area (Å²) in [5.74, 6) is 0.198. The van der Waals surface area contributed by atoms with Gasteiger partial charge < -0.3 is 23.7 Å². The van der Waals surface area contributed by atoms with Crippen molar-refractivity contribution in [2.75, 3.05) is 0 Å². The summed E-state index contributed by atoms with van der Waals surface area (Å²) in [5.41, 5.74) is 5.39. The fourth-order valence-corrected chi connectivity index (χ4v) is 5.27. The average Bonchev–Trinajstić information content (AvgIpc) is 3.42. The molecule has 6 rings (SSSR count). The summed E-state index contributed by atoms with van der Waals surface area (Å²) >= 11 is 0. The molecule has 0 aromatic heterocycles. The Hall–Kier alpha value is -4.91. The molecule has 1 fully saturated rings. The summed E-state index contributed by atoms with van der Waals surface area (Å²) in [6.07, 6.45) is -0.798. The van der Waals surface area contributed by atoms with Crippen LogP contribution >= 0.6 is 0 Å². The van der Waals surface area contributed by atoms with Gasteiger partial charge in [0, 0.05) is 6.07 Å². The van der Waals surface area contributed by atoms with Gasteiger partial charge in [-0.1, -0.05) is 103 Å². The van der Waals surface area contributed by atoms with Crippen molar-refractivity contribution in [1.82, 2.24) is 0 Å². The highest BCUT2D eigenvalue weighted by Crippen LogP contribution is 2.48. The highest BCUT2D eigenvalue weighted by molar-refractivity contribution is 5.89. The molecule has 1 saturated heterocycles. The van der Waals surface area contributed by atoms with Crippen LogP contribution in [0.1, 0.15) is 64.2 Å². The van der Waals surface area contributed by atoms with Gasteiger partial charge in [-0.15, -0.1) is 0 Å². The molecule has 45 heavy (non-hydrogen) atoms. The highest BCUT2D eigenvalue weighted by Gasteiger charge is 2.43. The molecular formula is C39H36O6. The van der Waals surface area contributed by atoms with Crippen LogP contribution in [0.5, 0.6) is 11.5 Å². The minimum Gasteiger partial charge on any atom is -0.489 e. The van der Waals surface area contributed by atoms with E-state index in [1.165, 1.54) is 0 Å². The van der Waals surface area contributed by atoms with E-state index in [0.29, 0.717) is 30.3 Å². The molecule has 0 radical (unpaired) electrons. The number of hydrogen-bond donors (Lipinski definition) is 0. The molecule has 6 nitrogen and oxygen atoms in total. The van der Waals surface area contributed by atoms with E-state index in [4.69, 9.17) is 23.7 Å². The van der Waals surface area contributed by atoms with E-state index in [1.807, 2.05) is 135 Å². The molecular weight excluding hydrogens is 564 g/mol. The molecule has 2 atom stereocenters. The first-order valence-corrected chi connectivity index (χ1v) is 15.1. The van der Waals surface area contributed by atoms with Crippen molar-refractivity contribution in [2.45, 2.75) is 51.7 Å². The minimum absolute atomic E-state index is 0.174. The number of ether oxygens (including phenoxy) is 5. The van der Waals surface area contributed by atoms with Gasteiger partial charge in [0.05, 0.1) is 5.56 Å². The maximum atomic E-state index is 12.4. The second kappa shape index (κ2) is 13.8. The quantitative estimate of drug-likeness (QED) is 0.141. The van der Waals surface area contributed by atoms with Crippen molar-refractivity contribution >= 4 is 5.97 Å². The van der Waals surface area contributed by atoms with E-state index in [0.717, 1.165) is 27.8 Å². The van der Waals surface area contributed by atoms with Crippen LogP contribution in [-0.2, 0) is 34.0 Å². The third kappa shape index (κ3) is 7.98. The van der Waals surface area contributed by atoms with E-state index >= 15 is 0 Å². The highest BCUT2D eigenvalue weighted by atomic mass is 16.8. The number of carbonyl (C=O) groups excluding carboxylic acids is 1. The van der Waals surface area contributed by atoms with E-state index in [2.05, 4.69) is 0 Å². The van der Waals surface area contributed by atoms with Gasteiger partial charge in [0.2, 0.25) is 0 Å². The Labute approximate surface area is 264 Å². The fraction of sp³-hybridized carbons (Fsp3) is 0.205. The average molecular weight is 601 g/mol. The zero-order valence-corrected chi connectivity index (χ0v) is 25.4. The predicted molar refractivity (Wildman–Crippen MR) is 172 cm³/mol. The van der Waals surface area contributed by atoms with Crippen molar-refractivity contribution < 1.29 is 28.5 Å². The van der Waals surface area contributed by atoms with Crippen molar-refractivity contribution in [2.24, 2.45) is 0 Å². The summed E-state index contributed by atoms with van der Waals surface area (Å²) in [6.45, 7) is 4.86. The van der Waals surface area contributed by atoms with E-state index in [1.54, 1.807) is 12.1 Å². The smallest absolute Gasteiger partial charge is 0.338 e. The molecule has 1 aliphatic rings. The lowest BCUT2D eigenvalue weighted by atomic mass is 9.97. The van der Waals surface area contributed by atoms with Crippen LogP contribution in [0.4, 0.5) is 0 Å². The lowest BCUT2D eigenvalue weighted by molar-refractivity contribution is -0.147. The number of esters is 1. The Bertz CT molecular complexity index is 1620. The van der Waals surface area contributed by atoms with Crippen molar-refractivity contribution in [1.29, 1.82) is 0 Å². The first-order valence-electron chi connectivity index (χ1n) is 15.1. The van der Waals surface area contributed by atoms with Gasteiger partial charge in [-0.05, 0) is 65.9 Å². The van der Waals surface area contributed by atoms with Gasteiger partial charge in [0.1, 0.15) is 43.5 Å². The molecule has 0 spiro atoms. The van der Waals surface area contributed by atoms with Gasteiger partial charge in [0.15, 0.2) is 5.79 Å². The largest absolute Gasteiger partial charge is 0.489 e. The van der Waals surface area contributed by atoms with Crippen LogP contribution < -0.4 is 9.47 Å². The van der Waals surface area contributed by atoms with Crippen LogP contribution in [0.25, 0.3) is 0 Å². The summed E-state index contributed by atoms with van der Waals surface area (Å²) in [6, 6.07) is 42.9. The second-order valence-corrected chi connectivity index (χ2v) is 11.4. The molecule has 1 heterocycles. The zero-order valence-electron chi connectivity index (χ0n) is 25.4. The first-order chi connectivity index (χ1) is 21.9. The van der Waals surface area contributed by atoms with Crippen LogP contribution in [0.2, 0.25) is 0 Å². The van der Waals surface area contributed by atoms with E-state index < -0.39 is 11.9 Å². The molecule has 0 saturated carbocycles.